The number of guanidine groups is 1. The summed E-state index contributed by atoms with van der Waals surface area (Å²) < 4.78 is 0. The lowest BCUT2D eigenvalue weighted by atomic mass is 9.95. The quantitative estimate of drug-likeness (QED) is 0.189. The first-order chi connectivity index (χ1) is 13.7. The number of carbonyl (C=O) groups is 2. The lowest BCUT2D eigenvalue weighted by Gasteiger charge is -2.22. The third-order valence-corrected chi connectivity index (χ3v) is 5.49. The highest BCUT2D eigenvalue weighted by Gasteiger charge is 2.16. The molecule has 2 aliphatic rings. The standard InChI is InChI=1S/C21H39N5O2.HI/c1-2-22-21(23-14-9-17-26-16-8-4-7-12-20(26)28)24-15-13-19(27)25-18-10-5-3-6-11-18;/h18H,2-17H2,1H3,(H,25,27)(H2,22,23,24);1H. The molecule has 0 aromatic heterocycles. The van der Waals surface area contributed by atoms with Crippen molar-refractivity contribution >= 4 is 41.8 Å². The molecule has 2 rings (SSSR count). The van der Waals surface area contributed by atoms with Crippen LogP contribution in [0.15, 0.2) is 4.99 Å². The van der Waals surface area contributed by atoms with E-state index in [-0.39, 0.29) is 35.8 Å². The molecule has 168 valence electrons. The van der Waals surface area contributed by atoms with Gasteiger partial charge in [-0.05, 0) is 39.0 Å². The molecule has 3 N–H and O–H groups in total. The number of nitrogens with one attached hydrogen (secondary N) is 3. The van der Waals surface area contributed by atoms with E-state index in [4.69, 9.17) is 0 Å². The second kappa shape index (κ2) is 15.7. The van der Waals surface area contributed by atoms with Crippen molar-refractivity contribution in [1.29, 1.82) is 0 Å². The van der Waals surface area contributed by atoms with Crippen LogP contribution in [0.3, 0.4) is 0 Å². The fourth-order valence-electron chi connectivity index (χ4n) is 3.91. The van der Waals surface area contributed by atoms with Crippen LogP contribution in [0.25, 0.3) is 0 Å². The highest BCUT2D eigenvalue weighted by atomic mass is 127. The Labute approximate surface area is 193 Å². The molecule has 8 heteroatoms. The number of amides is 2. The molecule has 0 aromatic rings. The van der Waals surface area contributed by atoms with Gasteiger partial charge in [-0.15, -0.1) is 24.0 Å². The van der Waals surface area contributed by atoms with Gasteiger partial charge in [0.15, 0.2) is 5.96 Å². The molecule has 0 unspecified atom stereocenters. The number of nitrogens with zero attached hydrogens (tertiary/aromatic N) is 2. The molecule has 2 amide bonds. The van der Waals surface area contributed by atoms with Crippen molar-refractivity contribution in [2.24, 2.45) is 4.99 Å². The summed E-state index contributed by atoms with van der Waals surface area (Å²) in [5.74, 6) is 1.15. The fraction of sp³-hybridized carbons (Fsp3) is 0.857. The Balaban J connectivity index is 0.00000420. The van der Waals surface area contributed by atoms with Crippen LogP contribution in [0.4, 0.5) is 0 Å². The summed E-state index contributed by atoms with van der Waals surface area (Å²) in [6.45, 7) is 5.73. The lowest BCUT2D eigenvalue weighted by Crippen LogP contribution is -2.41. The molecule has 2 fully saturated rings. The number of likely N-dealkylation sites (tertiary alicyclic amines) is 1. The largest absolute Gasteiger partial charge is 0.357 e. The number of hydrogen-bond donors (Lipinski definition) is 3. The van der Waals surface area contributed by atoms with E-state index in [1.54, 1.807) is 0 Å². The van der Waals surface area contributed by atoms with E-state index in [9.17, 15) is 9.59 Å². The first kappa shape index (κ1) is 26.0. The number of carbonyl (C=O) groups excluding carboxylic acids is 2. The first-order valence-corrected chi connectivity index (χ1v) is 11.3. The molecule has 1 saturated heterocycles. The maximum Gasteiger partial charge on any atom is 0.222 e. The number of hydrogen-bond acceptors (Lipinski definition) is 3. The van der Waals surface area contributed by atoms with Gasteiger partial charge in [-0.3, -0.25) is 14.6 Å². The minimum atomic E-state index is 0. The first-order valence-electron chi connectivity index (χ1n) is 11.3. The van der Waals surface area contributed by atoms with Crippen LogP contribution >= 0.6 is 24.0 Å². The van der Waals surface area contributed by atoms with Gasteiger partial charge in [0.1, 0.15) is 0 Å². The van der Waals surface area contributed by atoms with E-state index in [0.29, 0.717) is 32.0 Å². The Morgan fingerprint density at radius 1 is 1.10 bits per heavy atom. The zero-order valence-corrected chi connectivity index (χ0v) is 20.3. The molecule has 0 spiro atoms. The van der Waals surface area contributed by atoms with Gasteiger partial charge >= 0.3 is 0 Å². The minimum Gasteiger partial charge on any atom is -0.357 e. The monoisotopic (exact) mass is 521 g/mol. The van der Waals surface area contributed by atoms with E-state index in [2.05, 4.69) is 20.9 Å². The maximum atomic E-state index is 12.1. The lowest BCUT2D eigenvalue weighted by molar-refractivity contribution is -0.130. The summed E-state index contributed by atoms with van der Waals surface area (Å²) >= 11 is 0. The molecule has 0 aromatic carbocycles. The van der Waals surface area contributed by atoms with Crippen molar-refractivity contribution in [3.8, 4) is 0 Å². The van der Waals surface area contributed by atoms with E-state index >= 15 is 0 Å². The van der Waals surface area contributed by atoms with Crippen molar-refractivity contribution in [2.75, 3.05) is 32.7 Å². The summed E-state index contributed by atoms with van der Waals surface area (Å²) in [6.07, 6.45) is 11.3. The number of rotatable bonds is 9. The highest BCUT2D eigenvalue weighted by Crippen LogP contribution is 2.17. The van der Waals surface area contributed by atoms with Gasteiger partial charge < -0.3 is 20.9 Å². The summed E-state index contributed by atoms with van der Waals surface area (Å²) in [5, 5.41) is 9.61. The van der Waals surface area contributed by atoms with Crippen LogP contribution < -0.4 is 16.0 Å². The third-order valence-electron chi connectivity index (χ3n) is 5.49. The average Bonchev–Trinajstić information content (AvgIpc) is 2.90. The van der Waals surface area contributed by atoms with Crippen LogP contribution in [-0.2, 0) is 9.59 Å². The van der Waals surface area contributed by atoms with Crippen molar-refractivity contribution in [2.45, 2.75) is 83.6 Å². The van der Waals surface area contributed by atoms with Gasteiger partial charge in [-0.25, -0.2) is 0 Å². The van der Waals surface area contributed by atoms with Crippen molar-refractivity contribution < 1.29 is 9.59 Å². The van der Waals surface area contributed by atoms with E-state index in [0.717, 1.165) is 64.1 Å². The predicted octanol–water partition coefficient (Wildman–Crippen LogP) is 2.79. The summed E-state index contributed by atoms with van der Waals surface area (Å²) in [4.78, 5) is 30.7. The van der Waals surface area contributed by atoms with Crippen LogP contribution in [0.5, 0.6) is 0 Å². The smallest absolute Gasteiger partial charge is 0.222 e. The van der Waals surface area contributed by atoms with Gasteiger partial charge in [0.2, 0.25) is 11.8 Å². The van der Waals surface area contributed by atoms with Crippen LogP contribution in [-0.4, -0.2) is 61.4 Å². The molecule has 0 atom stereocenters. The maximum absolute atomic E-state index is 12.1. The zero-order valence-electron chi connectivity index (χ0n) is 18.0. The Morgan fingerprint density at radius 2 is 1.86 bits per heavy atom. The summed E-state index contributed by atoms with van der Waals surface area (Å²) in [6, 6.07) is 0.366. The van der Waals surface area contributed by atoms with Crippen molar-refractivity contribution in [3.05, 3.63) is 0 Å². The third kappa shape index (κ3) is 11.1. The molecule has 29 heavy (non-hydrogen) atoms. The predicted molar refractivity (Wildman–Crippen MR) is 129 cm³/mol. The van der Waals surface area contributed by atoms with Gasteiger partial charge in [0, 0.05) is 51.6 Å². The topological polar surface area (TPSA) is 85.8 Å². The van der Waals surface area contributed by atoms with Crippen molar-refractivity contribution in [1.82, 2.24) is 20.9 Å². The fourth-order valence-corrected chi connectivity index (χ4v) is 3.91. The Hall–Kier alpha value is -1.06. The Kier molecular flexibility index (Phi) is 14.1. The molecule has 0 radical (unpaired) electrons. The number of aliphatic imine (C=N–C) groups is 1. The number of halogens is 1. The van der Waals surface area contributed by atoms with Crippen molar-refractivity contribution in [3.63, 3.8) is 0 Å². The molecule has 1 heterocycles. The second-order valence-electron chi connectivity index (χ2n) is 7.88. The van der Waals surface area contributed by atoms with Gasteiger partial charge in [-0.1, -0.05) is 25.7 Å². The SMILES string of the molecule is CCNC(=NCCCN1CCCCCC1=O)NCCC(=O)NC1CCCCC1.I. The van der Waals surface area contributed by atoms with E-state index in [1.807, 2.05) is 11.8 Å². The van der Waals surface area contributed by atoms with Gasteiger partial charge in [-0.2, -0.15) is 0 Å². The van der Waals surface area contributed by atoms with Gasteiger partial charge in [0.05, 0.1) is 0 Å². The Bertz CT molecular complexity index is 509. The average molecular weight is 521 g/mol. The molecular weight excluding hydrogens is 481 g/mol. The van der Waals surface area contributed by atoms with Crippen LogP contribution in [0, 0.1) is 0 Å². The Morgan fingerprint density at radius 3 is 2.62 bits per heavy atom. The van der Waals surface area contributed by atoms with E-state index in [1.165, 1.54) is 19.3 Å². The zero-order chi connectivity index (χ0) is 20.0. The second-order valence-corrected chi connectivity index (χ2v) is 7.88. The molecule has 7 nitrogen and oxygen atoms in total. The summed E-state index contributed by atoms with van der Waals surface area (Å²) in [5.41, 5.74) is 0. The van der Waals surface area contributed by atoms with Crippen LogP contribution in [0.2, 0.25) is 0 Å². The van der Waals surface area contributed by atoms with Crippen LogP contribution in [0.1, 0.15) is 77.6 Å². The molecule has 1 aliphatic heterocycles. The molecule has 1 saturated carbocycles. The minimum absolute atomic E-state index is 0. The molecule has 0 bridgehead atoms. The molecular formula is C21H40IN5O2. The normalized spacial score (nSPS) is 18.6. The van der Waals surface area contributed by atoms with Gasteiger partial charge in [0.25, 0.3) is 0 Å². The summed E-state index contributed by atoms with van der Waals surface area (Å²) in [7, 11) is 0. The van der Waals surface area contributed by atoms with E-state index < -0.39 is 0 Å². The highest BCUT2D eigenvalue weighted by molar-refractivity contribution is 14.0. The molecule has 1 aliphatic carbocycles.